The lowest BCUT2D eigenvalue weighted by Gasteiger charge is -1.99. The average Bonchev–Trinajstić information content (AvgIpc) is 2.56. The van der Waals surface area contributed by atoms with Crippen molar-refractivity contribution in [2.45, 2.75) is 12.8 Å². The number of halogens is 2. The van der Waals surface area contributed by atoms with Crippen molar-refractivity contribution in [1.29, 1.82) is 0 Å². The first-order chi connectivity index (χ1) is 6.24. The van der Waals surface area contributed by atoms with Gasteiger partial charge >= 0.3 is 0 Å². The van der Waals surface area contributed by atoms with E-state index in [0.717, 1.165) is 0 Å². The molecule has 0 atom stereocenters. The molecule has 1 heterocycles. The van der Waals surface area contributed by atoms with Crippen LogP contribution in [-0.2, 0) is 5.88 Å². The number of hydrogen-bond acceptors (Lipinski definition) is 1. The third-order valence-corrected chi connectivity index (χ3v) is 4.44. The summed E-state index contributed by atoms with van der Waals surface area (Å²) in [6.45, 7) is 2.15. The molecule has 13 heavy (non-hydrogen) atoms. The number of thiophene rings is 1. The van der Waals surface area contributed by atoms with Crippen LogP contribution in [0.1, 0.15) is 11.1 Å². The summed E-state index contributed by atoms with van der Waals surface area (Å²) in [5.74, 6) is 0.611. The highest BCUT2D eigenvalue weighted by Crippen LogP contribution is 2.33. The van der Waals surface area contributed by atoms with Gasteiger partial charge in [-0.3, -0.25) is 0 Å². The normalized spacial score (nSPS) is 11.0. The standard InChI is InChI=1S/C10H8ClIS/c1-6-2-3-8(12)9-7(4-11)5-13-10(6)9/h2-3,5H,4H2,1H3. The quantitative estimate of drug-likeness (QED) is 0.533. The third-order valence-electron chi connectivity index (χ3n) is 2.09. The summed E-state index contributed by atoms with van der Waals surface area (Å²) in [7, 11) is 0. The van der Waals surface area contributed by atoms with Crippen molar-refractivity contribution in [3.8, 4) is 0 Å². The van der Waals surface area contributed by atoms with Crippen molar-refractivity contribution in [3.63, 3.8) is 0 Å². The van der Waals surface area contributed by atoms with Crippen molar-refractivity contribution < 1.29 is 0 Å². The van der Waals surface area contributed by atoms with E-state index in [1.807, 2.05) is 0 Å². The molecule has 0 unspecified atom stereocenters. The fourth-order valence-electron chi connectivity index (χ4n) is 1.40. The molecule has 0 nitrogen and oxygen atoms in total. The fourth-order valence-corrected chi connectivity index (χ4v) is 3.76. The molecule has 0 bridgehead atoms. The minimum absolute atomic E-state index is 0.611. The van der Waals surface area contributed by atoms with Crippen LogP contribution in [0.2, 0.25) is 0 Å². The number of aryl methyl sites for hydroxylation is 1. The van der Waals surface area contributed by atoms with E-state index in [0.29, 0.717) is 5.88 Å². The average molecular weight is 323 g/mol. The van der Waals surface area contributed by atoms with Crippen LogP contribution in [0.15, 0.2) is 17.5 Å². The molecule has 3 heteroatoms. The number of hydrogen-bond donors (Lipinski definition) is 0. The molecular formula is C10H8ClIS. The molecule has 0 spiro atoms. The molecule has 1 aromatic heterocycles. The molecule has 0 amide bonds. The van der Waals surface area contributed by atoms with Gasteiger partial charge in [0.2, 0.25) is 0 Å². The smallest absolute Gasteiger partial charge is 0.0488 e. The van der Waals surface area contributed by atoms with Gasteiger partial charge in [-0.15, -0.1) is 22.9 Å². The topological polar surface area (TPSA) is 0 Å². The minimum Gasteiger partial charge on any atom is -0.143 e. The van der Waals surface area contributed by atoms with Crippen LogP contribution in [0.5, 0.6) is 0 Å². The van der Waals surface area contributed by atoms with Gasteiger partial charge in [-0.25, -0.2) is 0 Å². The Balaban J connectivity index is 2.87. The Labute approximate surface area is 100 Å². The first-order valence-corrected chi connectivity index (χ1v) is 6.44. The summed E-state index contributed by atoms with van der Waals surface area (Å²) < 4.78 is 2.68. The second kappa shape index (κ2) is 3.75. The Bertz CT molecular complexity index is 447. The molecule has 0 N–H and O–H groups in total. The van der Waals surface area contributed by atoms with Crippen molar-refractivity contribution >= 4 is 55.6 Å². The van der Waals surface area contributed by atoms with Crippen LogP contribution in [0, 0.1) is 10.5 Å². The SMILES string of the molecule is Cc1ccc(I)c2c(CCl)csc12. The first-order valence-electron chi connectivity index (χ1n) is 3.95. The summed E-state index contributed by atoms with van der Waals surface area (Å²) in [6.07, 6.45) is 0. The fraction of sp³-hybridized carbons (Fsp3) is 0.200. The van der Waals surface area contributed by atoms with Crippen LogP contribution < -0.4 is 0 Å². The molecule has 2 rings (SSSR count). The van der Waals surface area contributed by atoms with E-state index in [-0.39, 0.29) is 0 Å². The highest BCUT2D eigenvalue weighted by atomic mass is 127. The number of benzene rings is 1. The summed E-state index contributed by atoms with van der Waals surface area (Å²) in [6, 6.07) is 4.32. The lowest BCUT2D eigenvalue weighted by Crippen LogP contribution is -1.80. The molecule has 0 radical (unpaired) electrons. The van der Waals surface area contributed by atoms with Crippen LogP contribution in [0.25, 0.3) is 10.1 Å². The maximum Gasteiger partial charge on any atom is 0.0488 e. The Morgan fingerprint density at radius 3 is 2.92 bits per heavy atom. The first kappa shape index (κ1) is 9.74. The van der Waals surface area contributed by atoms with Gasteiger partial charge in [-0.2, -0.15) is 0 Å². The summed E-state index contributed by atoms with van der Waals surface area (Å²) in [4.78, 5) is 0. The van der Waals surface area contributed by atoms with Crippen molar-refractivity contribution in [2.75, 3.05) is 0 Å². The maximum absolute atomic E-state index is 5.87. The van der Waals surface area contributed by atoms with E-state index in [1.54, 1.807) is 11.3 Å². The molecule has 1 aromatic carbocycles. The van der Waals surface area contributed by atoms with E-state index in [2.05, 4.69) is 47.0 Å². The summed E-state index contributed by atoms with van der Waals surface area (Å²) >= 11 is 10.0. The van der Waals surface area contributed by atoms with Crippen molar-refractivity contribution in [1.82, 2.24) is 0 Å². The molecule has 2 aromatic rings. The second-order valence-corrected chi connectivity index (χ2v) is 5.27. The van der Waals surface area contributed by atoms with Crippen molar-refractivity contribution in [3.05, 3.63) is 32.2 Å². The largest absolute Gasteiger partial charge is 0.143 e. The molecular weight excluding hydrogens is 315 g/mol. The second-order valence-electron chi connectivity index (χ2n) is 2.96. The Hall–Kier alpha value is 0.200. The van der Waals surface area contributed by atoms with Crippen LogP contribution in [0.4, 0.5) is 0 Å². The minimum atomic E-state index is 0.611. The molecule has 0 fully saturated rings. The van der Waals surface area contributed by atoms with Crippen LogP contribution in [0.3, 0.4) is 0 Å². The van der Waals surface area contributed by atoms with Crippen LogP contribution in [-0.4, -0.2) is 0 Å². The van der Waals surface area contributed by atoms with Crippen LogP contribution >= 0.6 is 45.5 Å². The van der Waals surface area contributed by atoms with Gasteiger partial charge in [-0.05, 0) is 52.1 Å². The van der Waals surface area contributed by atoms with E-state index >= 15 is 0 Å². The van der Waals surface area contributed by atoms with Gasteiger partial charge in [0.25, 0.3) is 0 Å². The van der Waals surface area contributed by atoms with Gasteiger partial charge in [-0.1, -0.05) is 6.07 Å². The summed E-state index contributed by atoms with van der Waals surface area (Å²) in [5.41, 5.74) is 2.60. The van der Waals surface area contributed by atoms with E-state index in [4.69, 9.17) is 11.6 Å². The third kappa shape index (κ3) is 1.60. The monoisotopic (exact) mass is 322 g/mol. The zero-order valence-corrected chi connectivity index (χ0v) is 10.8. The van der Waals surface area contributed by atoms with Gasteiger partial charge in [0.1, 0.15) is 0 Å². The Kier molecular flexibility index (Phi) is 2.81. The Morgan fingerprint density at radius 1 is 1.46 bits per heavy atom. The molecule has 0 aliphatic carbocycles. The molecule has 0 saturated heterocycles. The number of rotatable bonds is 1. The van der Waals surface area contributed by atoms with Gasteiger partial charge in [0.15, 0.2) is 0 Å². The van der Waals surface area contributed by atoms with E-state index < -0.39 is 0 Å². The molecule has 0 saturated carbocycles. The Morgan fingerprint density at radius 2 is 2.23 bits per heavy atom. The maximum atomic E-state index is 5.87. The summed E-state index contributed by atoms with van der Waals surface area (Å²) in [5, 5.41) is 3.51. The number of fused-ring (bicyclic) bond motifs is 1. The molecule has 68 valence electrons. The van der Waals surface area contributed by atoms with E-state index in [1.165, 1.54) is 24.8 Å². The predicted molar refractivity (Wildman–Crippen MR) is 68.8 cm³/mol. The number of alkyl halides is 1. The zero-order valence-electron chi connectivity index (χ0n) is 7.10. The lowest BCUT2D eigenvalue weighted by molar-refractivity contribution is 1.47. The van der Waals surface area contributed by atoms with E-state index in [9.17, 15) is 0 Å². The molecule has 0 aliphatic rings. The van der Waals surface area contributed by atoms with Crippen molar-refractivity contribution in [2.24, 2.45) is 0 Å². The highest BCUT2D eigenvalue weighted by molar-refractivity contribution is 14.1. The lowest BCUT2D eigenvalue weighted by atomic mass is 10.1. The highest BCUT2D eigenvalue weighted by Gasteiger charge is 2.08. The zero-order chi connectivity index (χ0) is 9.42. The predicted octanol–water partition coefficient (Wildman–Crippen LogP) is 4.55. The van der Waals surface area contributed by atoms with Gasteiger partial charge in [0, 0.05) is 19.5 Å². The van der Waals surface area contributed by atoms with Gasteiger partial charge < -0.3 is 0 Å². The molecule has 0 aliphatic heterocycles. The van der Waals surface area contributed by atoms with Gasteiger partial charge in [0.05, 0.1) is 0 Å².